The van der Waals surface area contributed by atoms with E-state index in [1.54, 1.807) is 18.2 Å². The van der Waals surface area contributed by atoms with Gasteiger partial charge in [0.2, 0.25) is 0 Å². The van der Waals surface area contributed by atoms with Crippen molar-refractivity contribution in [1.82, 2.24) is 9.97 Å². The molecule has 0 saturated carbocycles. The molecule has 0 atom stereocenters. The van der Waals surface area contributed by atoms with Crippen molar-refractivity contribution in [2.24, 2.45) is 0 Å². The molecular weight excluding hydrogens is 230 g/mol. The van der Waals surface area contributed by atoms with Gasteiger partial charge in [0.05, 0.1) is 5.56 Å². The molecule has 1 aromatic carbocycles. The van der Waals surface area contributed by atoms with Gasteiger partial charge in [0.1, 0.15) is 17.4 Å². The molecule has 4 N–H and O–H groups in total. The number of aromatic nitrogens is 2. The van der Waals surface area contributed by atoms with E-state index in [1.165, 1.54) is 6.07 Å². The van der Waals surface area contributed by atoms with Gasteiger partial charge in [-0.05, 0) is 18.1 Å². The van der Waals surface area contributed by atoms with Crippen LogP contribution in [0.4, 0.5) is 5.82 Å². The SMILES string of the molecule is CC(C)c1c(N)nc(-c2cccc(O)c2)[nH]c1=O. The monoisotopic (exact) mass is 245 g/mol. The van der Waals surface area contributed by atoms with E-state index >= 15 is 0 Å². The molecule has 18 heavy (non-hydrogen) atoms. The smallest absolute Gasteiger partial charge is 0.256 e. The second-order valence-electron chi connectivity index (χ2n) is 4.42. The molecule has 0 spiro atoms. The Bertz CT molecular complexity index is 632. The summed E-state index contributed by atoms with van der Waals surface area (Å²) in [5, 5.41) is 9.40. The number of nitrogens with two attached hydrogens (primary N) is 1. The zero-order valence-electron chi connectivity index (χ0n) is 10.3. The molecule has 0 aliphatic carbocycles. The van der Waals surface area contributed by atoms with Gasteiger partial charge < -0.3 is 15.8 Å². The molecule has 1 heterocycles. The van der Waals surface area contributed by atoms with Crippen LogP contribution in [0.3, 0.4) is 0 Å². The Morgan fingerprint density at radius 1 is 1.39 bits per heavy atom. The van der Waals surface area contributed by atoms with Crippen molar-refractivity contribution in [3.63, 3.8) is 0 Å². The van der Waals surface area contributed by atoms with Gasteiger partial charge in [-0.25, -0.2) is 4.98 Å². The van der Waals surface area contributed by atoms with Crippen LogP contribution in [0, 0.1) is 0 Å². The number of anilines is 1. The van der Waals surface area contributed by atoms with Crippen molar-refractivity contribution in [3.8, 4) is 17.1 Å². The van der Waals surface area contributed by atoms with E-state index in [0.717, 1.165) is 0 Å². The number of H-pyrrole nitrogens is 1. The summed E-state index contributed by atoms with van der Waals surface area (Å²) >= 11 is 0. The minimum atomic E-state index is -0.240. The molecule has 2 aromatic rings. The van der Waals surface area contributed by atoms with Crippen LogP contribution in [0.15, 0.2) is 29.1 Å². The van der Waals surface area contributed by atoms with Crippen molar-refractivity contribution in [2.75, 3.05) is 5.73 Å². The second kappa shape index (κ2) is 4.52. The van der Waals surface area contributed by atoms with E-state index in [4.69, 9.17) is 5.73 Å². The molecule has 0 fully saturated rings. The van der Waals surface area contributed by atoms with E-state index in [2.05, 4.69) is 9.97 Å². The highest BCUT2D eigenvalue weighted by Gasteiger charge is 2.13. The van der Waals surface area contributed by atoms with E-state index < -0.39 is 0 Å². The largest absolute Gasteiger partial charge is 0.508 e. The molecular formula is C13H15N3O2. The van der Waals surface area contributed by atoms with Crippen molar-refractivity contribution < 1.29 is 5.11 Å². The van der Waals surface area contributed by atoms with Gasteiger partial charge in [0.15, 0.2) is 0 Å². The fourth-order valence-electron chi connectivity index (χ4n) is 1.85. The van der Waals surface area contributed by atoms with Gasteiger partial charge in [-0.2, -0.15) is 0 Å². The number of aromatic hydroxyl groups is 1. The Hall–Kier alpha value is -2.30. The zero-order chi connectivity index (χ0) is 13.3. The number of nitrogens with one attached hydrogen (secondary N) is 1. The molecule has 0 unspecified atom stereocenters. The average molecular weight is 245 g/mol. The molecule has 0 aliphatic heterocycles. The molecule has 0 saturated heterocycles. The third kappa shape index (κ3) is 2.20. The first-order chi connectivity index (χ1) is 8.49. The lowest BCUT2D eigenvalue weighted by atomic mass is 10.1. The molecule has 0 bridgehead atoms. The fraction of sp³-hybridized carbons (Fsp3) is 0.231. The first-order valence-corrected chi connectivity index (χ1v) is 5.68. The van der Waals surface area contributed by atoms with Crippen molar-refractivity contribution in [1.29, 1.82) is 0 Å². The Labute approximate surface area is 104 Å². The predicted molar refractivity (Wildman–Crippen MR) is 70.5 cm³/mol. The maximum Gasteiger partial charge on any atom is 0.256 e. The summed E-state index contributed by atoms with van der Waals surface area (Å²) in [4.78, 5) is 18.8. The van der Waals surface area contributed by atoms with Crippen LogP contribution in [0.25, 0.3) is 11.4 Å². The summed E-state index contributed by atoms with van der Waals surface area (Å²) in [6.07, 6.45) is 0. The van der Waals surface area contributed by atoms with Crippen molar-refractivity contribution >= 4 is 5.82 Å². The summed E-state index contributed by atoms with van der Waals surface area (Å²) in [5.41, 5.74) is 6.67. The fourth-order valence-corrected chi connectivity index (χ4v) is 1.85. The van der Waals surface area contributed by atoms with Gasteiger partial charge in [-0.15, -0.1) is 0 Å². The molecule has 94 valence electrons. The maximum absolute atomic E-state index is 11.9. The van der Waals surface area contributed by atoms with Crippen LogP contribution >= 0.6 is 0 Å². The Kier molecular flexibility index (Phi) is 3.06. The highest BCUT2D eigenvalue weighted by atomic mass is 16.3. The summed E-state index contributed by atoms with van der Waals surface area (Å²) in [6, 6.07) is 6.49. The van der Waals surface area contributed by atoms with Crippen molar-refractivity contribution in [3.05, 3.63) is 40.2 Å². The van der Waals surface area contributed by atoms with E-state index in [1.807, 2.05) is 13.8 Å². The van der Waals surface area contributed by atoms with E-state index in [9.17, 15) is 9.90 Å². The number of hydrogen-bond acceptors (Lipinski definition) is 4. The number of phenolic OH excluding ortho intramolecular Hbond substituents is 1. The van der Waals surface area contributed by atoms with Crippen LogP contribution in [0.1, 0.15) is 25.3 Å². The number of nitrogens with zero attached hydrogens (tertiary/aromatic N) is 1. The average Bonchev–Trinajstić information content (AvgIpc) is 2.27. The number of hydrogen-bond donors (Lipinski definition) is 3. The molecule has 2 rings (SSSR count). The van der Waals surface area contributed by atoms with E-state index in [-0.39, 0.29) is 23.0 Å². The Morgan fingerprint density at radius 2 is 2.11 bits per heavy atom. The predicted octanol–water partition coefficient (Wildman–Crippen LogP) is 1.85. The first-order valence-electron chi connectivity index (χ1n) is 5.68. The molecule has 5 heteroatoms. The number of phenols is 1. The van der Waals surface area contributed by atoms with Crippen molar-refractivity contribution in [2.45, 2.75) is 19.8 Å². The molecule has 1 aromatic heterocycles. The van der Waals surface area contributed by atoms with Gasteiger partial charge in [0, 0.05) is 5.56 Å². The minimum absolute atomic E-state index is 0.0134. The molecule has 0 radical (unpaired) electrons. The van der Waals surface area contributed by atoms with Gasteiger partial charge in [-0.3, -0.25) is 4.79 Å². The Balaban J connectivity index is 2.59. The third-order valence-corrected chi connectivity index (χ3v) is 2.68. The van der Waals surface area contributed by atoms with Gasteiger partial charge in [0.25, 0.3) is 5.56 Å². The summed E-state index contributed by atoms with van der Waals surface area (Å²) in [7, 11) is 0. The van der Waals surface area contributed by atoms with Crippen LogP contribution < -0.4 is 11.3 Å². The molecule has 5 nitrogen and oxygen atoms in total. The summed E-state index contributed by atoms with van der Waals surface area (Å²) < 4.78 is 0. The quantitative estimate of drug-likeness (QED) is 0.752. The number of rotatable bonds is 2. The van der Waals surface area contributed by atoms with Crippen LogP contribution in [0.5, 0.6) is 5.75 Å². The second-order valence-corrected chi connectivity index (χ2v) is 4.42. The van der Waals surface area contributed by atoms with Gasteiger partial charge >= 0.3 is 0 Å². The van der Waals surface area contributed by atoms with E-state index in [0.29, 0.717) is 17.0 Å². The lowest BCUT2D eigenvalue weighted by Gasteiger charge is -2.09. The number of nitrogen functional groups attached to an aromatic ring is 1. The standard InChI is InChI=1S/C13H15N3O2/c1-7(2)10-11(14)15-12(16-13(10)18)8-4-3-5-9(17)6-8/h3-7,17H,1-2H3,(H3,14,15,16,18). The van der Waals surface area contributed by atoms with Crippen LogP contribution in [0.2, 0.25) is 0 Å². The maximum atomic E-state index is 11.9. The lowest BCUT2D eigenvalue weighted by molar-refractivity contribution is 0.475. The molecule has 0 aliphatic rings. The topological polar surface area (TPSA) is 92.0 Å². The first kappa shape index (κ1) is 12.2. The zero-order valence-corrected chi connectivity index (χ0v) is 10.3. The van der Waals surface area contributed by atoms with Crippen LogP contribution in [-0.4, -0.2) is 15.1 Å². The van der Waals surface area contributed by atoms with Gasteiger partial charge in [-0.1, -0.05) is 26.0 Å². The summed E-state index contributed by atoms with van der Waals surface area (Å²) in [5.74, 6) is 0.714. The highest BCUT2D eigenvalue weighted by molar-refractivity contribution is 5.59. The number of benzene rings is 1. The number of aromatic amines is 1. The molecule has 0 amide bonds. The lowest BCUT2D eigenvalue weighted by Crippen LogP contribution is -2.19. The normalized spacial score (nSPS) is 10.8. The summed E-state index contributed by atoms with van der Waals surface area (Å²) in [6.45, 7) is 3.77. The highest BCUT2D eigenvalue weighted by Crippen LogP contribution is 2.22. The minimum Gasteiger partial charge on any atom is -0.508 e. The van der Waals surface area contributed by atoms with Crippen LogP contribution in [-0.2, 0) is 0 Å². The Morgan fingerprint density at radius 3 is 2.67 bits per heavy atom. The third-order valence-electron chi connectivity index (χ3n) is 2.68.